The van der Waals surface area contributed by atoms with Crippen molar-refractivity contribution in [3.63, 3.8) is 0 Å². The van der Waals surface area contributed by atoms with Gasteiger partial charge in [0.05, 0.1) is 11.7 Å². The lowest BCUT2D eigenvalue weighted by Crippen LogP contribution is -2.20. The number of H-pyrrole nitrogens is 1. The zero-order valence-corrected chi connectivity index (χ0v) is 14.1. The summed E-state index contributed by atoms with van der Waals surface area (Å²) in [5, 5.41) is 1.05. The summed E-state index contributed by atoms with van der Waals surface area (Å²) in [5.41, 5.74) is 2.80. The molecule has 3 heterocycles. The predicted octanol–water partition coefficient (Wildman–Crippen LogP) is 5.29. The van der Waals surface area contributed by atoms with Crippen molar-refractivity contribution in [2.24, 2.45) is 5.92 Å². The Bertz CT molecular complexity index is 885. The minimum atomic E-state index is -4.04. The van der Waals surface area contributed by atoms with Gasteiger partial charge in [-0.3, -0.25) is 0 Å². The number of nitrogens with zero attached hydrogens (tertiary/aromatic N) is 3. The van der Waals surface area contributed by atoms with Gasteiger partial charge in [-0.2, -0.15) is 13.2 Å². The van der Waals surface area contributed by atoms with Crippen LogP contribution in [0, 0.1) is 12.8 Å². The van der Waals surface area contributed by atoms with Crippen molar-refractivity contribution >= 4 is 22.1 Å². The average Bonchev–Trinajstić information content (AvgIpc) is 3.15. The van der Waals surface area contributed by atoms with Crippen LogP contribution in [0.4, 0.5) is 13.2 Å². The van der Waals surface area contributed by atoms with Gasteiger partial charge in [-0.15, -0.1) is 0 Å². The second kappa shape index (κ2) is 6.04. The minimum Gasteiger partial charge on any atom is -0.346 e. The zero-order valence-electron chi connectivity index (χ0n) is 14.1. The lowest BCUT2D eigenvalue weighted by molar-refractivity contribution is -0.138. The van der Waals surface area contributed by atoms with Crippen LogP contribution in [0.2, 0.25) is 0 Å². The van der Waals surface area contributed by atoms with E-state index in [0.717, 1.165) is 53.6 Å². The molecule has 4 nitrogen and oxygen atoms in total. The number of aromatic nitrogens is 4. The molecule has 0 aliphatic heterocycles. The Morgan fingerprint density at radius 3 is 2.72 bits per heavy atom. The number of fused-ring (bicyclic) bond motifs is 3. The standard InChI is InChI=1S/C18H21F3N4/c1-11-24-15-10-23-17-14(7-9-22-17)16(15)25(11)13-4-2-12(3-5-13)6-8-18(19,20)21/h7,9-10,12-13H,2-6,8H2,1H3,(H,22,23). The van der Waals surface area contributed by atoms with E-state index in [1.54, 1.807) is 6.20 Å². The van der Waals surface area contributed by atoms with Gasteiger partial charge >= 0.3 is 6.18 Å². The molecule has 7 heteroatoms. The number of aryl methyl sites for hydroxylation is 1. The molecule has 134 valence electrons. The van der Waals surface area contributed by atoms with Crippen molar-refractivity contribution in [3.05, 3.63) is 24.3 Å². The molecule has 1 N–H and O–H groups in total. The van der Waals surface area contributed by atoms with Crippen LogP contribution in [0.15, 0.2) is 18.5 Å². The van der Waals surface area contributed by atoms with Gasteiger partial charge in [0.2, 0.25) is 0 Å². The Hall–Kier alpha value is -2.05. The molecule has 0 aromatic carbocycles. The largest absolute Gasteiger partial charge is 0.389 e. The van der Waals surface area contributed by atoms with Crippen LogP contribution in [0.5, 0.6) is 0 Å². The summed E-state index contributed by atoms with van der Waals surface area (Å²) >= 11 is 0. The SMILES string of the molecule is Cc1nc2cnc3[nH]ccc3c2n1C1CCC(CCC(F)(F)F)CC1. The van der Waals surface area contributed by atoms with Crippen LogP contribution >= 0.6 is 0 Å². The lowest BCUT2D eigenvalue weighted by Gasteiger charge is -2.30. The van der Waals surface area contributed by atoms with Crippen LogP contribution in [-0.2, 0) is 0 Å². The molecule has 0 bridgehead atoms. The van der Waals surface area contributed by atoms with Crippen LogP contribution in [0.1, 0.15) is 50.4 Å². The van der Waals surface area contributed by atoms with E-state index in [1.807, 2.05) is 19.2 Å². The Balaban J connectivity index is 1.57. The Morgan fingerprint density at radius 1 is 1.24 bits per heavy atom. The first kappa shape index (κ1) is 16.4. The molecular formula is C18H21F3N4. The van der Waals surface area contributed by atoms with Gasteiger partial charge in [-0.05, 0) is 51.0 Å². The van der Waals surface area contributed by atoms with Gasteiger partial charge in [0.1, 0.15) is 17.0 Å². The molecule has 25 heavy (non-hydrogen) atoms. The fourth-order valence-electron chi connectivity index (χ4n) is 4.21. The first-order valence-corrected chi connectivity index (χ1v) is 8.80. The zero-order chi connectivity index (χ0) is 17.6. The summed E-state index contributed by atoms with van der Waals surface area (Å²) in [6.45, 7) is 1.99. The molecule has 4 rings (SSSR count). The Labute approximate surface area is 143 Å². The lowest BCUT2D eigenvalue weighted by atomic mass is 9.83. The number of hydrogen-bond donors (Lipinski definition) is 1. The number of halogens is 3. The fourth-order valence-corrected chi connectivity index (χ4v) is 4.21. The number of pyridine rings is 1. The number of imidazole rings is 1. The fraction of sp³-hybridized carbons (Fsp3) is 0.556. The van der Waals surface area contributed by atoms with Gasteiger partial charge in [0.15, 0.2) is 0 Å². The minimum absolute atomic E-state index is 0.182. The van der Waals surface area contributed by atoms with Crippen molar-refractivity contribution < 1.29 is 13.2 Å². The van der Waals surface area contributed by atoms with Gasteiger partial charge in [0.25, 0.3) is 0 Å². The van der Waals surface area contributed by atoms with Crippen LogP contribution in [0.3, 0.4) is 0 Å². The number of alkyl halides is 3. The average molecular weight is 350 g/mol. The molecular weight excluding hydrogens is 329 g/mol. The summed E-state index contributed by atoms with van der Waals surface area (Å²) < 4.78 is 39.6. The van der Waals surface area contributed by atoms with E-state index in [4.69, 9.17) is 0 Å². The van der Waals surface area contributed by atoms with Crippen molar-refractivity contribution in [1.82, 2.24) is 19.5 Å². The van der Waals surface area contributed by atoms with Gasteiger partial charge in [-0.1, -0.05) is 0 Å². The van der Waals surface area contributed by atoms with Crippen LogP contribution in [0.25, 0.3) is 22.1 Å². The molecule has 3 aromatic rings. The van der Waals surface area contributed by atoms with E-state index < -0.39 is 12.6 Å². The molecule has 0 atom stereocenters. The van der Waals surface area contributed by atoms with Crippen molar-refractivity contribution in [2.45, 2.75) is 57.7 Å². The quantitative estimate of drug-likeness (QED) is 0.697. The topological polar surface area (TPSA) is 46.5 Å². The first-order valence-electron chi connectivity index (χ1n) is 8.80. The van der Waals surface area contributed by atoms with Gasteiger partial charge in [-0.25, -0.2) is 9.97 Å². The second-order valence-electron chi connectivity index (χ2n) is 7.09. The molecule has 1 fully saturated rings. The Morgan fingerprint density at radius 2 is 2.00 bits per heavy atom. The Kier molecular flexibility index (Phi) is 3.96. The smallest absolute Gasteiger partial charge is 0.346 e. The summed E-state index contributed by atoms with van der Waals surface area (Å²) in [6, 6.07) is 2.31. The molecule has 0 spiro atoms. The maximum atomic E-state index is 12.4. The maximum Gasteiger partial charge on any atom is 0.389 e. The highest BCUT2D eigenvalue weighted by molar-refractivity contribution is 6.01. The van der Waals surface area contributed by atoms with Crippen LogP contribution in [-0.4, -0.2) is 25.7 Å². The second-order valence-corrected chi connectivity index (χ2v) is 7.09. The van der Waals surface area contributed by atoms with Gasteiger partial charge < -0.3 is 9.55 Å². The number of rotatable bonds is 3. The molecule has 0 unspecified atom stereocenters. The summed E-state index contributed by atoms with van der Waals surface area (Å²) in [6.07, 6.45) is 2.72. The van der Waals surface area contributed by atoms with Crippen LogP contribution < -0.4 is 0 Å². The normalized spacial score (nSPS) is 22.1. The molecule has 1 saturated carbocycles. The van der Waals surface area contributed by atoms with E-state index in [0.29, 0.717) is 6.04 Å². The highest BCUT2D eigenvalue weighted by Crippen LogP contribution is 2.39. The molecule has 1 aliphatic carbocycles. The van der Waals surface area contributed by atoms with E-state index in [-0.39, 0.29) is 12.3 Å². The van der Waals surface area contributed by atoms with Crippen molar-refractivity contribution in [2.75, 3.05) is 0 Å². The predicted molar refractivity (Wildman–Crippen MR) is 90.4 cm³/mol. The van der Waals surface area contributed by atoms with E-state index in [1.165, 1.54) is 0 Å². The van der Waals surface area contributed by atoms with Gasteiger partial charge in [0, 0.05) is 24.0 Å². The van der Waals surface area contributed by atoms with E-state index in [9.17, 15) is 13.2 Å². The molecule has 0 radical (unpaired) electrons. The molecule has 1 aliphatic rings. The number of hydrogen-bond acceptors (Lipinski definition) is 2. The molecule has 0 amide bonds. The number of aromatic amines is 1. The summed E-state index contributed by atoms with van der Waals surface area (Å²) in [4.78, 5) is 12.2. The van der Waals surface area contributed by atoms with Crippen molar-refractivity contribution in [3.8, 4) is 0 Å². The summed E-state index contributed by atoms with van der Waals surface area (Å²) in [7, 11) is 0. The molecule has 0 saturated heterocycles. The third-order valence-electron chi connectivity index (χ3n) is 5.43. The molecule has 3 aromatic heterocycles. The number of nitrogens with one attached hydrogen (secondary N) is 1. The maximum absolute atomic E-state index is 12.4. The van der Waals surface area contributed by atoms with E-state index >= 15 is 0 Å². The first-order chi connectivity index (χ1) is 11.9. The third kappa shape index (κ3) is 3.12. The van der Waals surface area contributed by atoms with E-state index in [2.05, 4.69) is 19.5 Å². The van der Waals surface area contributed by atoms with Crippen molar-refractivity contribution in [1.29, 1.82) is 0 Å². The third-order valence-corrected chi connectivity index (χ3v) is 5.43. The summed E-state index contributed by atoms with van der Waals surface area (Å²) in [5.74, 6) is 1.13. The monoisotopic (exact) mass is 350 g/mol. The highest BCUT2D eigenvalue weighted by atomic mass is 19.4. The highest BCUT2D eigenvalue weighted by Gasteiger charge is 2.31.